The summed E-state index contributed by atoms with van der Waals surface area (Å²) in [7, 11) is 0. The third-order valence-electron chi connectivity index (χ3n) is 7.07. The topological polar surface area (TPSA) is 0 Å². The standard InChI is InChI=1S/C24H21F4I/c25-19-8-6-12-1-4-16-11-18(22(26)24(28)21(16)20(12)23(19)27)15-3-2-14-10-17(29)7-5-13(14)9-15/h1,4,6,8,11,13-15,17H,2-3,5,7,9-10H2. The van der Waals surface area contributed by atoms with Gasteiger partial charge in [0.15, 0.2) is 23.3 Å². The van der Waals surface area contributed by atoms with Gasteiger partial charge in [0.2, 0.25) is 0 Å². The maximum absolute atomic E-state index is 15.2. The molecule has 0 heterocycles. The van der Waals surface area contributed by atoms with E-state index in [1.54, 1.807) is 18.2 Å². The molecule has 152 valence electrons. The third kappa shape index (κ3) is 3.24. The first-order valence-electron chi connectivity index (χ1n) is 10.3. The van der Waals surface area contributed by atoms with Gasteiger partial charge in [-0.25, -0.2) is 17.6 Å². The average molecular weight is 512 g/mol. The van der Waals surface area contributed by atoms with Gasteiger partial charge in [0.25, 0.3) is 0 Å². The van der Waals surface area contributed by atoms with Crippen LogP contribution in [0.25, 0.3) is 21.5 Å². The second kappa shape index (κ2) is 7.40. The van der Waals surface area contributed by atoms with E-state index in [0.717, 1.165) is 35.7 Å². The molecule has 4 atom stereocenters. The van der Waals surface area contributed by atoms with Crippen LogP contribution >= 0.6 is 22.6 Å². The van der Waals surface area contributed by atoms with E-state index < -0.39 is 23.3 Å². The van der Waals surface area contributed by atoms with E-state index >= 15 is 8.78 Å². The molecule has 0 radical (unpaired) electrons. The van der Waals surface area contributed by atoms with Gasteiger partial charge < -0.3 is 0 Å². The van der Waals surface area contributed by atoms with E-state index in [9.17, 15) is 8.78 Å². The molecule has 2 aliphatic carbocycles. The van der Waals surface area contributed by atoms with Gasteiger partial charge in [-0.3, -0.25) is 0 Å². The van der Waals surface area contributed by atoms with E-state index in [2.05, 4.69) is 22.6 Å². The van der Waals surface area contributed by atoms with Crippen LogP contribution in [0, 0.1) is 35.1 Å². The second-order valence-corrected chi connectivity index (χ2v) is 10.4. The lowest BCUT2D eigenvalue weighted by Gasteiger charge is -2.41. The van der Waals surface area contributed by atoms with Crippen molar-refractivity contribution in [2.75, 3.05) is 0 Å². The van der Waals surface area contributed by atoms with Crippen LogP contribution in [0.4, 0.5) is 17.6 Å². The third-order valence-corrected chi connectivity index (χ3v) is 8.21. The highest BCUT2D eigenvalue weighted by Crippen LogP contribution is 2.48. The van der Waals surface area contributed by atoms with Crippen molar-refractivity contribution in [1.29, 1.82) is 0 Å². The molecule has 0 spiro atoms. The van der Waals surface area contributed by atoms with Gasteiger partial charge in [-0.2, -0.15) is 0 Å². The van der Waals surface area contributed by atoms with Crippen molar-refractivity contribution in [2.24, 2.45) is 11.8 Å². The van der Waals surface area contributed by atoms with Crippen LogP contribution in [0.2, 0.25) is 0 Å². The normalized spacial score (nSPS) is 27.3. The highest BCUT2D eigenvalue weighted by molar-refractivity contribution is 14.1. The monoisotopic (exact) mass is 512 g/mol. The van der Waals surface area contributed by atoms with Crippen LogP contribution in [0.5, 0.6) is 0 Å². The molecule has 5 rings (SSSR count). The molecule has 2 saturated carbocycles. The SMILES string of the molecule is Fc1ccc2ccc3cc(C4CCC5CC(I)CCC5C4)c(F)c(F)c3c2c1F. The lowest BCUT2D eigenvalue weighted by Crippen LogP contribution is -2.30. The number of hydrogen-bond donors (Lipinski definition) is 0. The number of benzene rings is 3. The Morgan fingerprint density at radius 3 is 2.17 bits per heavy atom. The summed E-state index contributed by atoms with van der Waals surface area (Å²) in [6.07, 6.45) is 6.35. The van der Waals surface area contributed by atoms with Crippen LogP contribution in [0.3, 0.4) is 0 Å². The molecule has 5 heteroatoms. The van der Waals surface area contributed by atoms with Gasteiger partial charge in [-0.1, -0.05) is 40.8 Å². The molecule has 2 aliphatic rings. The first kappa shape index (κ1) is 19.6. The van der Waals surface area contributed by atoms with Crippen molar-refractivity contribution in [1.82, 2.24) is 0 Å². The zero-order valence-electron chi connectivity index (χ0n) is 15.8. The highest BCUT2D eigenvalue weighted by atomic mass is 127. The van der Waals surface area contributed by atoms with E-state index in [0.29, 0.717) is 28.2 Å². The largest absolute Gasteiger partial charge is 0.204 e. The van der Waals surface area contributed by atoms with Crippen LogP contribution < -0.4 is 0 Å². The Morgan fingerprint density at radius 1 is 0.690 bits per heavy atom. The lowest BCUT2D eigenvalue weighted by molar-refractivity contribution is 0.160. The van der Waals surface area contributed by atoms with Crippen molar-refractivity contribution in [3.8, 4) is 0 Å². The van der Waals surface area contributed by atoms with Crippen molar-refractivity contribution in [2.45, 2.75) is 48.4 Å². The van der Waals surface area contributed by atoms with E-state index in [1.807, 2.05) is 0 Å². The Morgan fingerprint density at radius 2 is 1.34 bits per heavy atom. The average Bonchev–Trinajstić information content (AvgIpc) is 2.72. The minimum Gasteiger partial charge on any atom is -0.204 e. The van der Waals surface area contributed by atoms with Crippen LogP contribution in [0.15, 0.2) is 30.3 Å². The zero-order chi connectivity index (χ0) is 20.3. The molecule has 0 amide bonds. The first-order chi connectivity index (χ1) is 13.9. The Bertz CT molecular complexity index is 1110. The smallest absolute Gasteiger partial charge is 0.167 e. The van der Waals surface area contributed by atoms with Crippen molar-refractivity contribution >= 4 is 44.1 Å². The summed E-state index contributed by atoms with van der Waals surface area (Å²) in [6, 6.07) is 7.37. The molecule has 0 nitrogen and oxygen atoms in total. The summed E-state index contributed by atoms with van der Waals surface area (Å²) in [5.41, 5.74) is 0.390. The quantitative estimate of drug-likeness (QED) is 0.134. The molecule has 29 heavy (non-hydrogen) atoms. The molecular formula is C24H21F4I. The van der Waals surface area contributed by atoms with Gasteiger partial charge in [0.1, 0.15) is 0 Å². The molecule has 3 aromatic carbocycles. The van der Waals surface area contributed by atoms with Gasteiger partial charge >= 0.3 is 0 Å². The minimum absolute atomic E-state index is 0.0195. The maximum Gasteiger partial charge on any atom is 0.167 e. The molecule has 2 fully saturated rings. The molecule has 0 aromatic heterocycles. The second-order valence-electron chi connectivity index (χ2n) is 8.66. The van der Waals surface area contributed by atoms with E-state index in [-0.39, 0.29) is 16.7 Å². The maximum atomic E-state index is 15.2. The number of halogens is 5. The summed E-state index contributed by atoms with van der Waals surface area (Å²) in [5, 5.41) is 0.432. The highest BCUT2D eigenvalue weighted by Gasteiger charge is 2.36. The van der Waals surface area contributed by atoms with Crippen molar-refractivity contribution < 1.29 is 17.6 Å². The number of fused-ring (bicyclic) bond motifs is 4. The predicted octanol–water partition coefficient (Wildman–Crippen LogP) is 8.04. The Hall–Kier alpha value is -1.37. The lowest BCUT2D eigenvalue weighted by atomic mass is 9.66. The summed E-state index contributed by atoms with van der Waals surface area (Å²) < 4.78 is 59.3. The Balaban J connectivity index is 1.60. The summed E-state index contributed by atoms with van der Waals surface area (Å²) in [6.45, 7) is 0. The Labute approximate surface area is 180 Å². The molecule has 4 unspecified atom stereocenters. The van der Waals surface area contributed by atoms with Crippen molar-refractivity contribution in [3.63, 3.8) is 0 Å². The summed E-state index contributed by atoms with van der Waals surface area (Å²) >= 11 is 2.53. The number of hydrogen-bond acceptors (Lipinski definition) is 0. The van der Waals surface area contributed by atoms with Crippen LogP contribution in [-0.2, 0) is 0 Å². The molecule has 0 aliphatic heterocycles. The predicted molar refractivity (Wildman–Crippen MR) is 117 cm³/mol. The molecule has 0 bridgehead atoms. The fourth-order valence-corrected chi connectivity index (χ4v) is 6.61. The van der Waals surface area contributed by atoms with Gasteiger partial charge in [0.05, 0.1) is 0 Å². The zero-order valence-corrected chi connectivity index (χ0v) is 18.0. The molecule has 0 N–H and O–H groups in total. The van der Waals surface area contributed by atoms with Gasteiger partial charge in [0, 0.05) is 14.7 Å². The van der Waals surface area contributed by atoms with Crippen molar-refractivity contribution in [3.05, 3.63) is 59.2 Å². The number of alkyl halides is 1. The summed E-state index contributed by atoms with van der Waals surface area (Å²) in [5.74, 6) is -2.91. The minimum atomic E-state index is -1.13. The molecule has 0 saturated heterocycles. The van der Waals surface area contributed by atoms with Crippen LogP contribution in [0.1, 0.15) is 50.0 Å². The van der Waals surface area contributed by atoms with Crippen LogP contribution in [-0.4, -0.2) is 3.92 Å². The van der Waals surface area contributed by atoms with E-state index in [4.69, 9.17) is 0 Å². The summed E-state index contributed by atoms with van der Waals surface area (Å²) in [4.78, 5) is 0. The van der Waals surface area contributed by atoms with Gasteiger partial charge in [-0.15, -0.1) is 0 Å². The fraction of sp³-hybridized carbons (Fsp3) is 0.417. The first-order valence-corrected chi connectivity index (χ1v) is 11.5. The Kier molecular flexibility index (Phi) is 5.00. The van der Waals surface area contributed by atoms with E-state index in [1.165, 1.54) is 18.9 Å². The van der Waals surface area contributed by atoms with Gasteiger partial charge in [-0.05, 0) is 84.7 Å². The molecular weight excluding hydrogens is 491 g/mol. The molecule has 3 aromatic rings. The number of rotatable bonds is 1. The fourth-order valence-electron chi connectivity index (χ4n) is 5.60.